The molecule has 8 nitrogen and oxygen atoms in total. The van der Waals surface area contributed by atoms with Crippen molar-refractivity contribution >= 4 is 20.2 Å². The lowest BCUT2D eigenvalue weighted by molar-refractivity contribution is 0.477. The van der Waals surface area contributed by atoms with E-state index in [9.17, 15) is 26.3 Å². The highest BCUT2D eigenvalue weighted by atomic mass is 32.2. The van der Waals surface area contributed by atoms with Gasteiger partial charge in [0.05, 0.1) is 4.90 Å². The molecule has 0 bridgehead atoms. The number of unbranched alkanes of at least 4 members (excludes halogenated alkanes) is 1. The molecule has 0 radical (unpaired) electrons. The van der Waals surface area contributed by atoms with Gasteiger partial charge in [0.1, 0.15) is 10.9 Å². The van der Waals surface area contributed by atoms with E-state index in [2.05, 4.69) is 5.18 Å². The van der Waals surface area contributed by atoms with Crippen LogP contribution in [0.4, 0.5) is 0 Å². The molecule has 2 N–H and O–H groups in total. The fourth-order valence-corrected chi connectivity index (χ4v) is 3.20. The first kappa shape index (κ1) is 17.7. The lowest BCUT2D eigenvalue weighted by Gasteiger charge is -2.13. The Balaban J connectivity index is 3.49. The van der Waals surface area contributed by atoms with E-state index in [0.717, 1.165) is 18.6 Å². The summed E-state index contributed by atoms with van der Waals surface area (Å²) >= 11 is 0. The van der Waals surface area contributed by atoms with Gasteiger partial charge in [-0.1, -0.05) is 31.0 Å². The van der Waals surface area contributed by atoms with Crippen molar-refractivity contribution in [3.63, 3.8) is 0 Å². The average molecular weight is 337 g/mol. The van der Waals surface area contributed by atoms with Gasteiger partial charge in [0.15, 0.2) is 0 Å². The quantitative estimate of drug-likeness (QED) is 0.574. The van der Waals surface area contributed by atoms with Crippen molar-refractivity contribution in [2.75, 3.05) is 0 Å². The summed E-state index contributed by atoms with van der Waals surface area (Å²) in [5.74, 6) is 0. The molecule has 0 amide bonds. The highest BCUT2D eigenvalue weighted by molar-refractivity contribution is 7.86. The Kier molecular flexibility index (Phi) is 5.56. The van der Waals surface area contributed by atoms with Crippen molar-refractivity contribution in [1.29, 1.82) is 0 Å². The molecule has 1 unspecified atom stereocenters. The summed E-state index contributed by atoms with van der Waals surface area (Å²) < 4.78 is 62.9. The molecule has 1 atom stereocenters. The summed E-state index contributed by atoms with van der Waals surface area (Å²) in [5.41, 5.74) is -0.103. The standard InChI is InChI=1S/C11H15NO7S2/c1-2-3-4-10(12-13)9-6-5-8(20(14,15)16)7-11(9)21(17,18)19/h5-7,10H,2-4H2,1H3,(H,14,15,16)(H,17,18,19). The Morgan fingerprint density at radius 2 is 1.76 bits per heavy atom. The summed E-state index contributed by atoms with van der Waals surface area (Å²) in [4.78, 5) is 9.43. The predicted octanol–water partition coefficient (Wildman–Crippen LogP) is 2.18. The molecule has 0 spiro atoms. The SMILES string of the molecule is CCCCC(N=O)c1ccc(S(=O)(=O)O)cc1S(=O)(=O)O. The van der Waals surface area contributed by atoms with E-state index in [4.69, 9.17) is 4.55 Å². The van der Waals surface area contributed by atoms with Crippen molar-refractivity contribution < 1.29 is 25.9 Å². The van der Waals surface area contributed by atoms with E-state index in [0.29, 0.717) is 12.5 Å². The molecule has 10 heteroatoms. The fraction of sp³-hybridized carbons (Fsp3) is 0.455. The predicted molar refractivity (Wildman–Crippen MR) is 74.1 cm³/mol. The minimum atomic E-state index is -4.77. The second-order valence-electron chi connectivity index (χ2n) is 4.41. The molecule has 0 fully saturated rings. The molecular formula is C11H15NO7S2. The first-order valence-corrected chi connectivity index (χ1v) is 8.90. The lowest BCUT2D eigenvalue weighted by atomic mass is 10.0. The zero-order valence-electron chi connectivity index (χ0n) is 11.1. The lowest BCUT2D eigenvalue weighted by Crippen LogP contribution is -2.09. The maximum atomic E-state index is 11.4. The monoisotopic (exact) mass is 337 g/mol. The third-order valence-electron chi connectivity index (χ3n) is 2.88. The van der Waals surface area contributed by atoms with Gasteiger partial charge < -0.3 is 0 Å². The number of hydrogen-bond acceptors (Lipinski definition) is 6. The summed E-state index contributed by atoms with van der Waals surface area (Å²) in [5, 5.41) is 2.82. The number of hydrogen-bond donors (Lipinski definition) is 2. The topological polar surface area (TPSA) is 138 Å². The summed E-state index contributed by atoms with van der Waals surface area (Å²) in [6, 6.07) is 1.57. The molecule has 1 aromatic carbocycles. The Morgan fingerprint density at radius 1 is 1.14 bits per heavy atom. The molecule has 0 aliphatic rings. The molecule has 0 saturated carbocycles. The minimum absolute atomic E-state index is 0.103. The van der Waals surface area contributed by atoms with Crippen molar-refractivity contribution in [2.45, 2.75) is 42.0 Å². The number of rotatable bonds is 7. The summed E-state index contributed by atoms with van der Waals surface area (Å²) in [7, 11) is -9.41. The molecule has 0 aliphatic carbocycles. The van der Waals surface area contributed by atoms with Gasteiger partial charge >= 0.3 is 0 Å². The van der Waals surface area contributed by atoms with Crippen LogP contribution in [0.25, 0.3) is 0 Å². The van der Waals surface area contributed by atoms with Crippen molar-refractivity contribution in [3.8, 4) is 0 Å². The second kappa shape index (κ2) is 6.60. The molecule has 0 heterocycles. The third-order valence-corrected chi connectivity index (χ3v) is 4.64. The molecule has 0 saturated heterocycles. The summed E-state index contributed by atoms with van der Waals surface area (Å²) in [6.45, 7) is 1.87. The Bertz CT molecular complexity index is 725. The number of benzene rings is 1. The largest absolute Gasteiger partial charge is 0.294 e. The first-order chi connectivity index (χ1) is 9.61. The Labute approximate surface area is 122 Å². The van der Waals surface area contributed by atoms with Gasteiger partial charge in [-0.25, -0.2) is 0 Å². The molecular weight excluding hydrogens is 322 g/mol. The van der Waals surface area contributed by atoms with Gasteiger partial charge in [-0.2, -0.15) is 21.7 Å². The smallest absolute Gasteiger partial charge is 0.282 e. The van der Waals surface area contributed by atoms with Crippen molar-refractivity contribution in [3.05, 3.63) is 28.7 Å². The van der Waals surface area contributed by atoms with E-state index < -0.39 is 36.1 Å². The van der Waals surface area contributed by atoms with Crippen molar-refractivity contribution in [1.82, 2.24) is 0 Å². The molecule has 0 aliphatic heterocycles. The van der Waals surface area contributed by atoms with Crippen LogP contribution in [0.15, 0.2) is 33.2 Å². The molecule has 118 valence electrons. The van der Waals surface area contributed by atoms with E-state index in [1.807, 2.05) is 6.92 Å². The zero-order chi connectivity index (χ0) is 16.3. The Morgan fingerprint density at radius 3 is 2.19 bits per heavy atom. The van der Waals surface area contributed by atoms with Crippen LogP contribution in [0, 0.1) is 4.91 Å². The van der Waals surface area contributed by atoms with Gasteiger partial charge in [0.25, 0.3) is 20.2 Å². The summed E-state index contributed by atoms with van der Waals surface area (Å²) in [6.07, 6.45) is 1.60. The number of nitroso groups, excluding NO2 is 1. The van der Waals surface area contributed by atoms with Crippen LogP contribution >= 0.6 is 0 Å². The van der Waals surface area contributed by atoms with Crippen LogP contribution in [0.3, 0.4) is 0 Å². The maximum Gasteiger partial charge on any atom is 0.294 e. The van der Waals surface area contributed by atoms with Gasteiger partial charge in [0, 0.05) is 5.56 Å². The van der Waals surface area contributed by atoms with Crippen LogP contribution < -0.4 is 0 Å². The first-order valence-electron chi connectivity index (χ1n) is 6.02. The third kappa shape index (κ3) is 4.56. The second-order valence-corrected chi connectivity index (χ2v) is 7.22. The molecule has 0 aromatic heterocycles. The van der Waals surface area contributed by atoms with Crippen LogP contribution in [-0.2, 0) is 20.2 Å². The maximum absolute atomic E-state index is 11.4. The van der Waals surface area contributed by atoms with Gasteiger partial charge in [-0.15, -0.1) is 0 Å². The Hall–Kier alpha value is -1.36. The van der Waals surface area contributed by atoms with Crippen LogP contribution in [0.2, 0.25) is 0 Å². The highest BCUT2D eigenvalue weighted by Crippen LogP contribution is 2.31. The number of nitrogens with zero attached hydrogens (tertiary/aromatic N) is 1. The van der Waals surface area contributed by atoms with Gasteiger partial charge in [0.2, 0.25) is 0 Å². The normalized spacial score (nSPS) is 13.9. The van der Waals surface area contributed by atoms with E-state index in [-0.39, 0.29) is 12.0 Å². The molecule has 21 heavy (non-hydrogen) atoms. The molecule has 1 aromatic rings. The van der Waals surface area contributed by atoms with E-state index >= 15 is 0 Å². The highest BCUT2D eigenvalue weighted by Gasteiger charge is 2.25. The van der Waals surface area contributed by atoms with E-state index in [1.165, 1.54) is 0 Å². The molecule has 1 rings (SSSR count). The van der Waals surface area contributed by atoms with Crippen molar-refractivity contribution in [2.24, 2.45) is 5.18 Å². The van der Waals surface area contributed by atoms with Gasteiger partial charge in [-0.05, 0) is 18.6 Å². The van der Waals surface area contributed by atoms with Crippen LogP contribution in [-0.4, -0.2) is 25.9 Å². The minimum Gasteiger partial charge on any atom is -0.282 e. The van der Waals surface area contributed by atoms with Gasteiger partial charge in [-0.3, -0.25) is 9.11 Å². The fourth-order valence-electron chi connectivity index (χ4n) is 1.84. The van der Waals surface area contributed by atoms with Crippen LogP contribution in [0.1, 0.15) is 37.8 Å². The van der Waals surface area contributed by atoms with Crippen LogP contribution in [0.5, 0.6) is 0 Å². The zero-order valence-corrected chi connectivity index (χ0v) is 12.8. The average Bonchev–Trinajstić information content (AvgIpc) is 2.37. The van der Waals surface area contributed by atoms with E-state index in [1.54, 1.807) is 0 Å².